The van der Waals surface area contributed by atoms with Crippen LogP contribution in [0, 0.1) is 18.8 Å². The van der Waals surface area contributed by atoms with Gasteiger partial charge in [0.05, 0.1) is 6.61 Å². The minimum Gasteiger partial charge on any atom is -0.493 e. The summed E-state index contributed by atoms with van der Waals surface area (Å²) >= 11 is 0. The zero-order chi connectivity index (χ0) is 16.2. The molecule has 4 nitrogen and oxygen atoms in total. The predicted octanol–water partition coefficient (Wildman–Crippen LogP) is 2.92. The lowest BCUT2D eigenvalue weighted by Crippen LogP contribution is -2.37. The van der Waals surface area contributed by atoms with Gasteiger partial charge in [-0.05, 0) is 56.6 Å². The summed E-state index contributed by atoms with van der Waals surface area (Å²) in [6, 6.07) is 6.38. The van der Waals surface area contributed by atoms with Gasteiger partial charge < -0.3 is 15.8 Å². The molecule has 1 amide bonds. The van der Waals surface area contributed by atoms with E-state index in [9.17, 15) is 4.79 Å². The van der Waals surface area contributed by atoms with Crippen LogP contribution in [0.15, 0.2) is 18.2 Å². The van der Waals surface area contributed by atoms with Crippen LogP contribution in [0.3, 0.4) is 0 Å². The Balaban J connectivity index is 1.56. The second-order valence-electron chi connectivity index (χ2n) is 7.21. The molecule has 1 aromatic rings. The molecule has 0 saturated heterocycles. The van der Waals surface area contributed by atoms with Gasteiger partial charge in [-0.3, -0.25) is 4.79 Å². The molecule has 0 spiro atoms. The molecule has 0 aliphatic heterocycles. The number of ether oxygens (including phenoxy) is 1. The lowest BCUT2D eigenvalue weighted by Gasteiger charge is -2.25. The predicted molar refractivity (Wildman–Crippen MR) is 91.2 cm³/mol. The van der Waals surface area contributed by atoms with Gasteiger partial charge in [-0.15, -0.1) is 0 Å². The summed E-state index contributed by atoms with van der Waals surface area (Å²) in [6.07, 6.45) is 6.42. The second-order valence-corrected chi connectivity index (χ2v) is 7.21. The smallest absolute Gasteiger partial charge is 0.223 e. The summed E-state index contributed by atoms with van der Waals surface area (Å²) in [5.41, 5.74) is 8.23. The number of nitrogens with two attached hydrogens (primary N) is 1. The fourth-order valence-electron chi connectivity index (χ4n) is 3.23. The Morgan fingerprint density at radius 3 is 2.87 bits per heavy atom. The van der Waals surface area contributed by atoms with Crippen LogP contribution in [0.2, 0.25) is 0 Å². The molecule has 0 heterocycles. The van der Waals surface area contributed by atoms with E-state index in [0.29, 0.717) is 6.54 Å². The first kappa shape index (κ1) is 16.3. The molecule has 3 rings (SSSR count). The third-order valence-corrected chi connectivity index (χ3v) is 4.93. The highest BCUT2D eigenvalue weighted by molar-refractivity contribution is 5.78. The van der Waals surface area contributed by atoms with Crippen molar-refractivity contribution in [3.8, 4) is 5.75 Å². The topological polar surface area (TPSA) is 64.4 Å². The van der Waals surface area contributed by atoms with Crippen molar-refractivity contribution in [3.63, 3.8) is 0 Å². The van der Waals surface area contributed by atoms with E-state index in [2.05, 4.69) is 30.4 Å². The molecule has 3 N–H and O–H groups in total. The summed E-state index contributed by atoms with van der Waals surface area (Å²) in [7, 11) is 0. The van der Waals surface area contributed by atoms with Crippen molar-refractivity contribution in [1.29, 1.82) is 0 Å². The first-order chi connectivity index (χ1) is 11.1. The summed E-state index contributed by atoms with van der Waals surface area (Å²) < 4.78 is 5.97. The number of carbonyl (C=O) groups excluding carboxylic acids is 1. The fourth-order valence-corrected chi connectivity index (χ4v) is 3.23. The van der Waals surface area contributed by atoms with Crippen LogP contribution in [-0.2, 0) is 11.3 Å². The number of rotatable bonds is 6. The molecule has 2 unspecified atom stereocenters. The summed E-state index contributed by atoms with van der Waals surface area (Å²) in [4.78, 5) is 12.4. The molecule has 23 heavy (non-hydrogen) atoms. The SMILES string of the molecule is Cc1ccc(CNC(=O)C2CCCC(N)C2)c(OCC2CC2)c1. The lowest BCUT2D eigenvalue weighted by atomic mass is 9.85. The summed E-state index contributed by atoms with van der Waals surface area (Å²) in [5.74, 6) is 1.84. The lowest BCUT2D eigenvalue weighted by molar-refractivity contribution is -0.126. The van der Waals surface area contributed by atoms with Gasteiger partial charge in [0.15, 0.2) is 0 Å². The van der Waals surface area contributed by atoms with Gasteiger partial charge in [0.25, 0.3) is 0 Å². The molecule has 0 aromatic heterocycles. The third kappa shape index (κ3) is 4.71. The largest absolute Gasteiger partial charge is 0.493 e. The van der Waals surface area contributed by atoms with Gasteiger partial charge in [-0.1, -0.05) is 18.6 Å². The Bertz CT molecular complexity index is 554. The Hall–Kier alpha value is -1.55. The number of nitrogens with one attached hydrogen (secondary N) is 1. The minimum absolute atomic E-state index is 0.0695. The quantitative estimate of drug-likeness (QED) is 0.848. The van der Waals surface area contributed by atoms with Crippen LogP contribution in [0.4, 0.5) is 0 Å². The normalized spacial score (nSPS) is 24.3. The van der Waals surface area contributed by atoms with E-state index in [0.717, 1.165) is 49.5 Å². The number of aryl methyl sites for hydroxylation is 1. The number of hydrogen-bond acceptors (Lipinski definition) is 3. The number of carbonyl (C=O) groups is 1. The van der Waals surface area contributed by atoms with E-state index in [4.69, 9.17) is 10.5 Å². The average Bonchev–Trinajstić information content (AvgIpc) is 3.36. The average molecular weight is 316 g/mol. The van der Waals surface area contributed by atoms with Crippen LogP contribution in [0.25, 0.3) is 0 Å². The van der Waals surface area contributed by atoms with Crippen molar-refractivity contribution in [2.75, 3.05) is 6.61 Å². The highest BCUT2D eigenvalue weighted by Crippen LogP contribution is 2.31. The van der Waals surface area contributed by atoms with Gasteiger partial charge >= 0.3 is 0 Å². The first-order valence-electron chi connectivity index (χ1n) is 8.87. The van der Waals surface area contributed by atoms with Crippen LogP contribution in [0.5, 0.6) is 5.75 Å². The van der Waals surface area contributed by atoms with Crippen LogP contribution in [0.1, 0.15) is 49.7 Å². The highest BCUT2D eigenvalue weighted by Gasteiger charge is 2.25. The number of amides is 1. The molecule has 2 aliphatic carbocycles. The Morgan fingerprint density at radius 2 is 2.13 bits per heavy atom. The maximum atomic E-state index is 12.4. The number of hydrogen-bond donors (Lipinski definition) is 2. The van der Waals surface area contributed by atoms with E-state index in [1.807, 2.05) is 0 Å². The molecule has 126 valence electrons. The van der Waals surface area contributed by atoms with E-state index in [1.165, 1.54) is 18.4 Å². The molecule has 0 bridgehead atoms. The van der Waals surface area contributed by atoms with Gasteiger partial charge in [0.1, 0.15) is 5.75 Å². The van der Waals surface area contributed by atoms with Crippen molar-refractivity contribution in [3.05, 3.63) is 29.3 Å². The van der Waals surface area contributed by atoms with Crippen LogP contribution in [-0.4, -0.2) is 18.6 Å². The zero-order valence-corrected chi connectivity index (χ0v) is 14.0. The monoisotopic (exact) mass is 316 g/mol. The van der Waals surface area contributed by atoms with Gasteiger partial charge in [-0.2, -0.15) is 0 Å². The summed E-state index contributed by atoms with van der Waals surface area (Å²) in [6.45, 7) is 3.39. The number of benzene rings is 1. The van der Waals surface area contributed by atoms with E-state index >= 15 is 0 Å². The van der Waals surface area contributed by atoms with Crippen molar-refractivity contribution in [1.82, 2.24) is 5.32 Å². The third-order valence-electron chi connectivity index (χ3n) is 4.93. The van der Waals surface area contributed by atoms with Crippen molar-refractivity contribution in [2.24, 2.45) is 17.6 Å². The van der Waals surface area contributed by atoms with Gasteiger partial charge in [0.2, 0.25) is 5.91 Å². The maximum absolute atomic E-state index is 12.4. The van der Waals surface area contributed by atoms with E-state index < -0.39 is 0 Å². The Morgan fingerprint density at radius 1 is 1.30 bits per heavy atom. The molecule has 2 atom stereocenters. The molecular weight excluding hydrogens is 288 g/mol. The fraction of sp³-hybridized carbons (Fsp3) is 0.632. The van der Waals surface area contributed by atoms with Gasteiger partial charge in [0, 0.05) is 24.1 Å². The summed E-state index contributed by atoms with van der Waals surface area (Å²) in [5, 5.41) is 3.08. The van der Waals surface area contributed by atoms with Crippen molar-refractivity contribution < 1.29 is 9.53 Å². The first-order valence-corrected chi connectivity index (χ1v) is 8.87. The van der Waals surface area contributed by atoms with E-state index in [-0.39, 0.29) is 17.9 Å². The highest BCUT2D eigenvalue weighted by atomic mass is 16.5. The second kappa shape index (κ2) is 7.35. The Kier molecular flexibility index (Phi) is 5.21. The molecule has 0 radical (unpaired) electrons. The molecule has 2 aliphatic rings. The standard InChI is InChI=1S/C19H28N2O2/c1-13-5-8-16(18(9-13)23-12-14-6-7-14)11-21-19(22)15-3-2-4-17(20)10-15/h5,8-9,14-15,17H,2-4,6-7,10-12,20H2,1H3,(H,21,22). The van der Waals surface area contributed by atoms with Crippen molar-refractivity contribution in [2.45, 2.75) is 58.0 Å². The Labute approximate surface area is 138 Å². The van der Waals surface area contributed by atoms with Crippen LogP contribution >= 0.6 is 0 Å². The van der Waals surface area contributed by atoms with Crippen LogP contribution < -0.4 is 15.8 Å². The minimum atomic E-state index is 0.0695. The molecule has 2 fully saturated rings. The molecular formula is C19H28N2O2. The molecule has 4 heteroatoms. The van der Waals surface area contributed by atoms with E-state index in [1.54, 1.807) is 0 Å². The molecule has 1 aromatic carbocycles. The molecule has 2 saturated carbocycles. The maximum Gasteiger partial charge on any atom is 0.223 e. The van der Waals surface area contributed by atoms with Gasteiger partial charge in [-0.25, -0.2) is 0 Å². The zero-order valence-electron chi connectivity index (χ0n) is 14.0. The van der Waals surface area contributed by atoms with Crippen molar-refractivity contribution >= 4 is 5.91 Å².